The highest BCUT2D eigenvalue weighted by molar-refractivity contribution is 7.19. The van der Waals surface area contributed by atoms with Crippen LogP contribution in [0.25, 0.3) is 15.5 Å². The second-order valence-electron chi connectivity index (χ2n) is 4.08. The van der Waals surface area contributed by atoms with Gasteiger partial charge in [0.2, 0.25) is 4.96 Å². The van der Waals surface area contributed by atoms with Crippen molar-refractivity contribution >= 4 is 16.3 Å². The van der Waals surface area contributed by atoms with Crippen LogP contribution >= 0.6 is 11.3 Å². The molecule has 0 bridgehead atoms. The second kappa shape index (κ2) is 4.99. The first kappa shape index (κ1) is 13.8. The highest BCUT2D eigenvalue weighted by Crippen LogP contribution is 2.32. The standard InChI is InChI=1S/C12H9F3N4OS/c1-2-20-8-5-3-7(4-6-8)9-18-19-10(12(13,14)15)16-17-11(19)21-9/h3-6H,2H2,1H3. The minimum atomic E-state index is -4.58. The number of rotatable bonds is 3. The lowest BCUT2D eigenvalue weighted by molar-refractivity contribution is -0.146. The second-order valence-corrected chi connectivity index (χ2v) is 5.04. The third-order valence-corrected chi connectivity index (χ3v) is 3.60. The first-order valence-corrected chi connectivity index (χ1v) is 6.83. The van der Waals surface area contributed by atoms with Gasteiger partial charge in [-0.3, -0.25) is 0 Å². The number of alkyl halides is 3. The molecule has 21 heavy (non-hydrogen) atoms. The van der Waals surface area contributed by atoms with Gasteiger partial charge in [-0.2, -0.15) is 22.8 Å². The van der Waals surface area contributed by atoms with Crippen molar-refractivity contribution in [1.29, 1.82) is 0 Å². The van der Waals surface area contributed by atoms with Crippen LogP contribution in [0.4, 0.5) is 13.2 Å². The summed E-state index contributed by atoms with van der Waals surface area (Å²) in [4.78, 5) is 0.103. The van der Waals surface area contributed by atoms with Gasteiger partial charge in [-0.15, -0.1) is 10.2 Å². The van der Waals surface area contributed by atoms with Gasteiger partial charge in [-0.1, -0.05) is 11.3 Å². The zero-order valence-corrected chi connectivity index (χ0v) is 11.6. The van der Waals surface area contributed by atoms with Crippen LogP contribution in [0.15, 0.2) is 24.3 Å². The van der Waals surface area contributed by atoms with Crippen LogP contribution in [0.2, 0.25) is 0 Å². The predicted molar refractivity (Wildman–Crippen MR) is 70.3 cm³/mol. The Labute approximate surface area is 121 Å². The fraction of sp³-hybridized carbons (Fsp3) is 0.250. The molecule has 0 N–H and O–H groups in total. The molecule has 0 saturated carbocycles. The molecular weight excluding hydrogens is 305 g/mol. The topological polar surface area (TPSA) is 52.3 Å². The average Bonchev–Trinajstić information content (AvgIpc) is 2.98. The Balaban J connectivity index is 1.99. The maximum Gasteiger partial charge on any atom is 0.453 e. The van der Waals surface area contributed by atoms with E-state index in [0.717, 1.165) is 15.9 Å². The van der Waals surface area contributed by atoms with Gasteiger partial charge in [0.15, 0.2) is 0 Å². The number of hydrogen-bond acceptors (Lipinski definition) is 5. The van der Waals surface area contributed by atoms with E-state index in [-0.39, 0.29) is 4.96 Å². The fourth-order valence-corrected chi connectivity index (χ4v) is 2.62. The minimum Gasteiger partial charge on any atom is -0.494 e. The average molecular weight is 314 g/mol. The number of ether oxygens (including phenoxy) is 1. The fourth-order valence-electron chi connectivity index (χ4n) is 1.77. The molecule has 9 heteroatoms. The monoisotopic (exact) mass is 314 g/mol. The van der Waals surface area contributed by atoms with E-state index < -0.39 is 12.0 Å². The van der Waals surface area contributed by atoms with Crippen LogP contribution in [0.5, 0.6) is 5.75 Å². The zero-order valence-electron chi connectivity index (χ0n) is 10.8. The number of benzene rings is 1. The normalized spacial score (nSPS) is 12.0. The predicted octanol–water partition coefficient (Wildman–Crippen LogP) is 3.27. The Bertz CT molecular complexity index is 763. The molecule has 0 aliphatic carbocycles. The van der Waals surface area contributed by atoms with Crippen molar-refractivity contribution in [1.82, 2.24) is 19.8 Å². The first-order chi connectivity index (χ1) is 9.99. The minimum absolute atomic E-state index is 0.103. The van der Waals surface area contributed by atoms with E-state index in [9.17, 15) is 13.2 Å². The van der Waals surface area contributed by atoms with Gasteiger partial charge >= 0.3 is 6.18 Å². The summed E-state index contributed by atoms with van der Waals surface area (Å²) in [6.45, 7) is 2.42. The Hall–Kier alpha value is -2.16. The van der Waals surface area contributed by atoms with Crippen LogP contribution in [-0.2, 0) is 6.18 Å². The van der Waals surface area contributed by atoms with E-state index in [1.807, 2.05) is 6.92 Å². The summed E-state index contributed by atoms with van der Waals surface area (Å²) in [6, 6.07) is 6.96. The number of fused-ring (bicyclic) bond motifs is 1. The van der Waals surface area contributed by atoms with Crippen molar-refractivity contribution in [2.24, 2.45) is 0 Å². The van der Waals surface area contributed by atoms with Gasteiger partial charge in [-0.25, -0.2) is 0 Å². The van der Waals surface area contributed by atoms with Crippen LogP contribution in [0, 0.1) is 0 Å². The van der Waals surface area contributed by atoms with E-state index in [4.69, 9.17) is 4.74 Å². The Kier molecular flexibility index (Phi) is 3.28. The summed E-state index contributed by atoms with van der Waals surface area (Å²) in [6.07, 6.45) is -4.58. The van der Waals surface area contributed by atoms with E-state index in [0.29, 0.717) is 22.9 Å². The highest BCUT2D eigenvalue weighted by atomic mass is 32.1. The van der Waals surface area contributed by atoms with Crippen LogP contribution in [-0.4, -0.2) is 26.4 Å². The first-order valence-electron chi connectivity index (χ1n) is 6.01. The molecule has 0 aliphatic heterocycles. The van der Waals surface area contributed by atoms with Crippen molar-refractivity contribution < 1.29 is 17.9 Å². The van der Waals surface area contributed by atoms with Gasteiger partial charge in [0.25, 0.3) is 5.82 Å². The van der Waals surface area contributed by atoms with Crippen LogP contribution in [0.1, 0.15) is 12.7 Å². The molecule has 0 atom stereocenters. The number of aromatic nitrogens is 4. The van der Waals surface area contributed by atoms with E-state index in [1.165, 1.54) is 0 Å². The molecule has 110 valence electrons. The van der Waals surface area contributed by atoms with Gasteiger partial charge < -0.3 is 4.74 Å². The van der Waals surface area contributed by atoms with Crippen molar-refractivity contribution in [3.63, 3.8) is 0 Å². The smallest absolute Gasteiger partial charge is 0.453 e. The molecule has 0 radical (unpaired) electrons. The number of halogens is 3. The summed E-state index contributed by atoms with van der Waals surface area (Å²) in [5.41, 5.74) is 0.696. The van der Waals surface area contributed by atoms with Crippen molar-refractivity contribution in [2.75, 3.05) is 6.61 Å². The lowest BCUT2D eigenvalue weighted by atomic mass is 10.2. The largest absolute Gasteiger partial charge is 0.494 e. The maximum absolute atomic E-state index is 12.7. The molecule has 3 aromatic rings. The molecule has 0 amide bonds. The molecule has 1 aromatic carbocycles. The van der Waals surface area contributed by atoms with E-state index in [2.05, 4.69) is 15.3 Å². The Morgan fingerprint density at radius 1 is 1.19 bits per heavy atom. The summed E-state index contributed by atoms with van der Waals surface area (Å²) >= 11 is 1.04. The SMILES string of the molecule is CCOc1ccc(-c2nn3c(C(F)(F)F)nnc3s2)cc1. The van der Waals surface area contributed by atoms with Crippen LogP contribution < -0.4 is 4.74 Å². The lowest BCUT2D eigenvalue weighted by Crippen LogP contribution is -2.11. The Morgan fingerprint density at radius 2 is 1.90 bits per heavy atom. The van der Waals surface area contributed by atoms with Gasteiger partial charge in [0.05, 0.1) is 6.61 Å². The summed E-state index contributed by atoms with van der Waals surface area (Å²) < 4.78 is 44.2. The molecule has 2 aromatic heterocycles. The van der Waals surface area contributed by atoms with Gasteiger partial charge in [0.1, 0.15) is 10.8 Å². The summed E-state index contributed by atoms with van der Waals surface area (Å²) in [7, 11) is 0. The molecular formula is C12H9F3N4OS. The summed E-state index contributed by atoms with van der Waals surface area (Å²) in [5, 5.41) is 11.0. The third-order valence-electron chi connectivity index (χ3n) is 2.66. The molecule has 2 heterocycles. The van der Waals surface area contributed by atoms with Gasteiger partial charge in [-0.05, 0) is 31.2 Å². The van der Waals surface area contributed by atoms with E-state index >= 15 is 0 Å². The molecule has 0 unspecified atom stereocenters. The highest BCUT2D eigenvalue weighted by Gasteiger charge is 2.38. The van der Waals surface area contributed by atoms with Crippen molar-refractivity contribution in [2.45, 2.75) is 13.1 Å². The molecule has 0 saturated heterocycles. The molecule has 0 aliphatic rings. The molecule has 0 fully saturated rings. The van der Waals surface area contributed by atoms with Crippen LogP contribution in [0.3, 0.4) is 0 Å². The third kappa shape index (κ3) is 2.56. The van der Waals surface area contributed by atoms with E-state index in [1.54, 1.807) is 24.3 Å². The molecule has 0 spiro atoms. The van der Waals surface area contributed by atoms with Crippen molar-refractivity contribution in [3.8, 4) is 16.3 Å². The molecule has 3 rings (SSSR count). The molecule has 5 nitrogen and oxygen atoms in total. The van der Waals surface area contributed by atoms with Gasteiger partial charge in [0, 0.05) is 5.56 Å². The van der Waals surface area contributed by atoms with Crippen molar-refractivity contribution in [3.05, 3.63) is 30.1 Å². The maximum atomic E-state index is 12.7. The quantitative estimate of drug-likeness (QED) is 0.744. The number of nitrogens with zero attached hydrogens (tertiary/aromatic N) is 4. The number of hydrogen-bond donors (Lipinski definition) is 0. The zero-order chi connectivity index (χ0) is 15.0. The Morgan fingerprint density at radius 3 is 2.52 bits per heavy atom. The lowest BCUT2D eigenvalue weighted by Gasteiger charge is -2.03. The summed E-state index contributed by atoms with van der Waals surface area (Å²) in [5.74, 6) is -0.425.